The van der Waals surface area contributed by atoms with Crippen LogP contribution in [0.1, 0.15) is 12.5 Å². The van der Waals surface area contributed by atoms with E-state index in [1.165, 1.54) is 0 Å². The van der Waals surface area contributed by atoms with Crippen LogP contribution in [0, 0.1) is 0 Å². The molecule has 0 radical (unpaired) electrons. The van der Waals surface area contributed by atoms with Gasteiger partial charge in [0.15, 0.2) is 0 Å². The SMILES string of the molecule is CCNCC(O)CN1C(=O)Cc2ccc(Cl)cc21. The first kappa shape index (κ1) is 13.3. The molecule has 4 nitrogen and oxygen atoms in total. The topological polar surface area (TPSA) is 52.6 Å². The molecule has 2 rings (SSSR count). The van der Waals surface area contributed by atoms with Crippen molar-refractivity contribution in [2.24, 2.45) is 0 Å². The van der Waals surface area contributed by atoms with E-state index in [1.807, 2.05) is 13.0 Å². The third-order valence-corrected chi connectivity index (χ3v) is 3.24. The van der Waals surface area contributed by atoms with E-state index in [0.29, 0.717) is 24.5 Å². The fraction of sp³-hybridized carbons (Fsp3) is 0.462. The minimum Gasteiger partial charge on any atom is -0.390 e. The van der Waals surface area contributed by atoms with Crippen molar-refractivity contribution in [1.82, 2.24) is 5.32 Å². The number of benzene rings is 1. The lowest BCUT2D eigenvalue weighted by Gasteiger charge is -2.21. The second-order valence-electron chi connectivity index (χ2n) is 4.42. The van der Waals surface area contributed by atoms with Gasteiger partial charge in [0, 0.05) is 17.3 Å². The number of hydrogen-bond donors (Lipinski definition) is 2. The van der Waals surface area contributed by atoms with Gasteiger partial charge < -0.3 is 15.3 Å². The molecule has 0 saturated carbocycles. The van der Waals surface area contributed by atoms with Gasteiger partial charge in [-0.3, -0.25) is 4.79 Å². The van der Waals surface area contributed by atoms with E-state index in [1.54, 1.807) is 17.0 Å². The normalized spacial score (nSPS) is 15.9. The number of likely N-dealkylation sites (N-methyl/N-ethyl adjacent to an activating group) is 1. The average molecular weight is 269 g/mol. The molecule has 5 heteroatoms. The molecule has 18 heavy (non-hydrogen) atoms. The second kappa shape index (κ2) is 5.69. The van der Waals surface area contributed by atoms with Crippen molar-refractivity contribution in [1.29, 1.82) is 0 Å². The summed E-state index contributed by atoms with van der Waals surface area (Å²) in [6.45, 7) is 3.56. The van der Waals surface area contributed by atoms with E-state index in [4.69, 9.17) is 11.6 Å². The molecule has 0 bridgehead atoms. The first-order valence-corrected chi connectivity index (χ1v) is 6.47. The van der Waals surface area contributed by atoms with Crippen LogP contribution >= 0.6 is 11.6 Å². The van der Waals surface area contributed by atoms with E-state index in [-0.39, 0.29) is 5.91 Å². The van der Waals surface area contributed by atoms with Crippen LogP contribution in [0.5, 0.6) is 0 Å². The highest BCUT2D eigenvalue weighted by atomic mass is 35.5. The van der Waals surface area contributed by atoms with Crippen LogP contribution in [0.4, 0.5) is 5.69 Å². The standard InChI is InChI=1S/C13H17ClN2O2/c1-2-15-7-11(17)8-16-12-6-10(14)4-3-9(12)5-13(16)18/h3-4,6,11,15,17H,2,5,7-8H2,1H3. The molecule has 0 aliphatic carbocycles. The number of rotatable bonds is 5. The van der Waals surface area contributed by atoms with E-state index < -0.39 is 6.10 Å². The van der Waals surface area contributed by atoms with Crippen molar-refractivity contribution >= 4 is 23.2 Å². The first-order chi connectivity index (χ1) is 8.61. The van der Waals surface area contributed by atoms with Gasteiger partial charge in [-0.1, -0.05) is 24.6 Å². The van der Waals surface area contributed by atoms with Crippen LogP contribution in [0.3, 0.4) is 0 Å². The van der Waals surface area contributed by atoms with Crippen molar-refractivity contribution in [3.8, 4) is 0 Å². The molecule has 1 aliphatic heterocycles. The van der Waals surface area contributed by atoms with Crippen LogP contribution in [-0.2, 0) is 11.2 Å². The molecule has 2 N–H and O–H groups in total. The van der Waals surface area contributed by atoms with Crippen molar-refractivity contribution in [3.63, 3.8) is 0 Å². The molecule has 1 aliphatic rings. The average Bonchev–Trinajstić information content (AvgIpc) is 2.63. The zero-order valence-electron chi connectivity index (χ0n) is 10.3. The number of fused-ring (bicyclic) bond motifs is 1. The number of carbonyl (C=O) groups is 1. The molecule has 0 fully saturated rings. The molecule has 98 valence electrons. The summed E-state index contributed by atoms with van der Waals surface area (Å²) in [5.74, 6) is 0.0165. The Kier molecular flexibility index (Phi) is 4.22. The summed E-state index contributed by atoms with van der Waals surface area (Å²) in [5.41, 5.74) is 1.79. The fourth-order valence-corrected chi connectivity index (χ4v) is 2.28. The molecule has 1 unspecified atom stereocenters. The molecule has 1 atom stereocenters. The largest absolute Gasteiger partial charge is 0.390 e. The molecule has 1 heterocycles. The highest BCUT2D eigenvalue weighted by molar-refractivity contribution is 6.31. The van der Waals surface area contributed by atoms with Gasteiger partial charge in [0.25, 0.3) is 0 Å². The Hall–Kier alpha value is -1.10. The van der Waals surface area contributed by atoms with Gasteiger partial charge in [-0.2, -0.15) is 0 Å². The summed E-state index contributed by atoms with van der Waals surface area (Å²) >= 11 is 5.94. The summed E-state index contributed by atoms with van der Waals surface area (Å²) in [6.07, 6.45) is -0.181. The maximum absolute atomic E-state index is 11.9. The fourth-order valence-electron chi connectivity index (χ4n) is 2.12. The summed E-state index contributed by atoms with van der Waals surface area (Å²) in [4.78, 5) is 13.5. The predicted octanol–water partition coefficient (Wildman–Crippen LogP) is 1.20. The lowest BCUT2D eigenvalue weighted by molar-refractivity contribution is -0.117. The highest BCUT2D eigenvalue weighted by Crippen LogP contribution is 2.31. The number of carbonyl (C=O) groups excluding carboxylic acids is 1. The molecule has 1 amide bonds. The summed E-state index contributed by atoms with van der Waals surface area (Å²) in [5, 5.41) is 13.5. The van der Waals surface area contributed by atoms with Gasteiger partial charge in [-0.15, -0.1) is 0 Å². The molecule has 1 aromatic rings. The third kappa shape index (κ3) is 2.83. The van der Waals surface area contributed by atoms with E-state index in [0.717, 1.165) is 17.8 Å². The number of aliphatic hydroxyl groups excluding tert-OH is 1. The molecule has 0 spiro atoms. The molecule has 1 aromatic carbocycles. The van der Waals surface area contributed by atoms with Crippen LogP contribution in [0.2, 0.25) is 5.02 Å². The first-order valence-electron chi connectivity index (χ1n) is 6.09. The van der Waals surface area contributed by atoms with Crippen LogP contribution < -0.4 is 10.2 Å². The molecule has 0 aromatic heterocycles. The highest BCUT2D eigenvalue weighted by Gasteiger charge is 2.28. The lowest BCUT2D eigenvalue weighted by atomic mass is 10.2. The Morgan fingerprint density at radius 1 is 1.56 bits per heavy atom. The monoisotopic (exact) mass is 268 g/mol. The molecule has 0 saturated heterocycles. The number of nitrogens with one attached hydrogen (secondary N) is 1. The summed E-state index contributed by atoms with van der Waals surface area (Å²) in [7, 11) is 0. The van der Waals surface area contributed by atoms with Crippen molar-refractivity contribution < 1.29 is 9.90 Å². The number of β-amino-alcohol motifs (C(OH)–C–C–N with tert-alkyl or cyclic N) is 1. The third-order valence-electron chi connectivity index (χ3n) is 3.00. The number of hydrogen-bond acceptors (Lipinski definition) is 3. The maximum atomic E-state index is 11.9. The summed E-state index contributed by atoms with van der Waals surface area (Å²) in [6, 6.07) is 5.43. The van der Waals surface area contributed by atoms with E-state index in [2.05, 4.69) is 5.32 Å². The lowest BCUT2D eigenvalue weighted by Crippen LogP contribution is -2.39. The van der Waals surface area contributed by atoms with Gasteiger partial charge in [0.2, 0.25) is 5.91 Å². The molecular formula is C13H17ClN2O2. The van der Waals surface area contributed by atoms with Gasteiger partial charge in [-0.25, -0.2) is 0 Å². The van der Waals surface area contributed by atoms with Crippen molar-refractivity contribution in [3.05, 3.63) is 28.8 Å². The Balaban J connectivity index is 2.10. The van der Waals surface area contributed by atoms with Crippen LogP contribution in [-0.4, -0.2) is 36.8 Å². The smallest absolute Gasteiger partial charge is 0.231 e. The minimum absolute atomic E-state index is 0.0165. The van der Waals surface area contributed by atoms with E-state index in [9.17, 15) is 9.90 Å². The van der Waals surface area contributed by atoms with Gasteiger partial charge in [0.1, 0.15) is 0 Å². The van der Waals surface area contributed by atoms with E-state index >= 15 is 0 Å². The Morgan fingerprint density at radius 2 is 2.33 bits per heavy atom. The Labute approximate surface area is 112 Å². The number of halogens is 1. The minimum atomic E-state index is -0.571. The Bertz CT molecular complexity index is 451. The van der Waals surface area contributed by atoms with Crippen molar-refractivity contribution in [2.45, 2.75) is 19.4 Å². The van der Waals surface area contributed by atoms with Crippen LogP contribution in [0.25, 0.3) is 0 Å². The van der Waals surface area contributed by atoms with Gasteiger partial charge in [0.05, 0.1) is 19.1 Å². The second-order valence-corrected chi connectivity index (χ2v) is 4.85. The Morgan fingerprint density at radius 3 is 3.06 bits per heavy atom. The number of anilines is 1. The number of amides is 1. The maximum Gasteiger partial charge on any atom is 0.231 e. The predicted molar refractivity (Wildman–Crippen MR) is 72.1 cm³/mol. The quantitative estimate of drug-likeness (QED) is 0.844. The number of aliphatic hydroxyl groups is 1. The number of nitrogens with zero attached hydrogens (tertiary/aromatic N) is 1. The summed E-state index contributed by atoms with van der Waals surface area (Å²) < 4.78 is 0. The zero-order chi connectivity index (χ0) is 13.1. The zero-order valence-corrected chi connectivity index (χ0v) is 11.1. The van der Waals surface area contributed by atoms with Gasteiger partial charge in [-0.05, 0) is 24.2 Å². The van der Waals surface area contributed by atoms with Gasteiger partial charge >= 0.3 is 0 Å². The van der Waals surface area contributed by atoms with Crippen LogP contribution in [0.15, 0.2) is 18.2 Å². The molecular weight excluding hydrogens is 252 g/mol. The van der Waals surface area contributed by atoms with Crippen molar-refractivity contribution in [2.75, 3.05) is 24.5 Å².